The van der Waals surface area contributed by atoms with Crippen LogP contribution >= 0.6 is 0 Å². The van der Waals surface area contributed by atoms with Crippen LogP contribution in [0.25, 0.3) is 0 Å². The lowest BCUT2D eigenvalue weighted by Gasteiger charge is -2.05. The SMILES string of the molecule is CC(C#N)CNC(=O)Cn1cc(CN)nn1. The Balaban J connectivity index is 2.37. The van der Waals surface area contributed by atoms with Crippen LogP contribution in [0.3, 0.4) is 0 Å². The first-order valence-corrected chi connectivity index (χ1v) is 4.91. The fraction of sp³-hybridized carbons (Fsp3) is 0.556. The molecule has 0 saturated carbocycles. The van der Waals surface area contributed by atoms with Crippen LogP contribution in [0.1, 0.15) is 12.6 Å². The molecule has 1 atom stereocenters. The lowest BCUT2D eigenvalue weighted by molar-refractivity contribution is -0.121. The summed E-state index contributed by atoms with van der Waals surface area (Å²) in [5.74, 6) is -0.394. The van der Waals surface area contributed by atoms with Crippen molar-refractivity contribution in [1.82, 2.24) is 20.3 Å². The van der Waals surface area contributed by atoms with Gasteiger partial charge >= 0.3 is 0 Å². The first-order chi connectivity index (χ1) is 7.65. The number of rotatable bonds is 5. The van der Waals surface area contributed by atoms with E-state index in [4.69, 9.17) is 11.0 Å². The molecule has 0 radical (unpaired) electrons. The first-order valence-electron chi connectivity index (χ1n) is 4.91. The minimum atomic E-state index is -0.199. The Morgan fingerprint density at radius 3 is 3.12 bits per heavy atom. The van der Waals surface area contributed by atoms with E-state index in [1.54, 1.807) is 13.1 Å². The fourth-order valence-corrected chi connectivity index (χ4v) is 1.02. The Morgan fingerprint density at radius 1 is 1.81 bits per heavy atom. The summed E-state index contributed by atoms with van der Waals surface area (Å²) in [4.78, 5) is 11.4. The quantitative estimate of drug-likeness (QED) is 0.665. The molecule has 0 aliphatic carbocycles. The van der Waals surface area contributed by atoms with E-state index in [0.29, 0.717) is 18.8 Å². The van der Waals surface area contributed by atoms with Gasteiger partial charge in [-0.1, -0.05) is 5.21 Å². The first kappa shape index (κ1) is 12.1. The van der Waals surface area contributed by atoms with E-state index in [9.17, 15) is 4.79 Å². The monoisotopic (exact) mass is 222 g/mol. The summed E-state index contributed by atoms with van der Waals surface area (Å²) in [7, 11) is 0. The van der Waals surface area contributed by atoms with Gasteiger partial charge in [0.15, 0.2) is 0 Å². The Labute approximate surface area is 93.2 Å². The highest BCUT2D eigenvalue weighted by Crippen LogP contribution is 1.92. The number of aromatic nitrogens is 3. The molecule has 7 nitrogen and oxygen atoms in total. The van der Waals surface area contributed by atoms with Gasteiger partial charge in [0.1, 0.15) is 6.54 Å². The Bertz CT molecular complexity index is 393. The van der Waals surface area contributed by atoms with Crippen LogP contribution in [-0.4, -0.2) is 27.4 Å². The average molecular weight is 222 g/mol. The van der Waals surface area contributed by atoms with Crippen LogP contribution in [0.15, 0.2) is 6.20 Å². The van der Waals surface area contributed by atoms with E-state index < -0.39 is 0 Å². The van der Waals surface area contributed by atoms with Crippen LogP contribution in [0.2, 0.25) is 0 Å². The number of nitrogens with one attached hydrogen (secondary N) is 1. The second-order valence-corrected chi connectivity index (χ2v) is 3.45. The molecular formula is C9H14N6O. The number of nitrogens with two attached hydrogens (primary N) is 1. The predicted octanol–water partition coefficient (Wildman–Crippen LogP) is -0.987. The summed E-state index contributed by atoms with van der Waals surface area (Å²) >= 11 is 0. The van der Waals surface area contributed by atoms with Crippen molar-refractivity contribution in [1.29, 1.82) is 5.26 Å². The van der Waals surface area contributed by atoms with Gasteiger partial charge in [0.2, 0.25) is 5.91 Å². The second-order valence-electron chi connectivity index (χ2n) is 3.45. The van der Waals surface area contributed by atoms with Gasteiger partial charge in [-0.15, -0.1) is 5.10 Å². The van der Waals surface area contributed by atoms with Crippen molar-refractivity contribution in [3.8, 4) is 6.07 Å². The van der Waals surface area contributed by atoms with Gasteiger partial charge in [0, 0.05) is 13.1 Å². The normalized spacial score (nSPS) is 11.8. The zero-order valence-corrected chi connectivity index (χ0v) is 9.05. The van der Waals surface area contributed by atoms with Crippen molar-refractivity contribution < 1.29 is 4.79 Å². The van der Waals surface area contributed by atoms with E-state index in [-0.39, 0.29) is 18.4 Å². The van der Waals surface area contributed by atoms with Gasteiger partial charge in [0.05, 0.1) is 23.9 Å². The molecule has 0 fully saturated rings. The topological polar surface area (TPSA) is 110 Å². The fourth-order valence-electron chi connectivity index (χ4n) is 1.02. The number of amides is 1. The molecule has 0 saturated heterocycles. The maximum Gasteiger partial charge on any atom is 0.241 e. The molecule has 0 aliphatic rings. The van der Waals surface area contributed by atoms with Crippen molar-refractivity contribution in [3.05, 3.63) is 11.9 Å². The molecule has 3 N–H and O–H groups in total. The van der Waals surface area contributed by atoms with Crippen LogP contribution in [0.5, 0.6) is 0 Å². The lowest BCUT2D eigenvalue weighted by atomic mass is 10.2. The van der Waals surface area contributed by atoms with Crippen LogP contribution in [0.4, 0.5) is 0 Å². The van der Waals surface area contributed by atoms with Crippen molar-refractivity contribution in [2.75, 3.05) is 6.54 Å². The summed E-state index contributed by atoms with van der Waals surface area (Å²) < 4.78 is 1.41. The number of nitrogens with zero attached hydrogens (tertiary/aromatic N) is 4. The van der Waals surface area contributed by atoms with E-state index in [1.165, 1.54) is 4.68 Å². The molecule has 1 aromatic rings. The summed E-state index contributed by atoms with van der Waals surface area (Å²) in [5.41, 5.74) is 6.00. The second kappa shape index (κ2) is 5.82. The number of nitriles is 1. The average Bonchev–Trinajstić information content (AvgIpc) is 2.73. The largest absolute Gasteiger partial charge is 0.353 e. The highest BCUT2D eigenvalue weighted by molar-refractivity contribution is 5.75. The zero-order valence-electron chi connectivity index (χ0n) is 9.05. The number of carbonyl (C=O) groups is 1. The van der Waals surface area contributed by atoms with Gasteiger partial charge in [-0.3, -0.25) is 4.79 Å². The van der Waals surface area contributed by atoms with Crippen LogP contribution in [-0.2, 0) is 17.9 Å². The molecule has 16 heavy (non-hydrogen) atoms. The van der Waals surface area contributed by atoms with Gasteiger partial charge in [-0.25, -0.2) is 4.68 Å². The van der Waals surface area contributed by atoms with E-state index in [1.807, 2.05) is 6.07 Å². The molecule has 1 aromatic heterocycles. The summed E-state index contributed by atoms with van der Waals surface area (Å²) in [6.45, 7) is 2.47. The summed E-state index contributed by atoms with van der Waals surface area (Å²) in [6.07, 6.45) is 1.62. The van der Waals surface area contributed by atoms with Gasteiger partial charge in [-0.2, -0.15) is 5.26 Å². The zero-order chi connectivity index (χ0) is 12.0. The Hall–Kier alpha value is -1.94. The van der Waals surface area contributed by atoms with Gasteiger partial charge in [-0.05, 0) is 6.92 Å². The minimum absolute atomic E-state index is 0.0884. The van der Waals surface area contributed by atoms with Crippen molar-refractivity contribution in [2.45, 2.75) is 20.0 Å². The lowest BCUT2D eigenvalue weighted by Crippen LogP contribution is -2.31. The van der Waals surface area contributed by atoms with E-state index in [2.05, 4.69) is 15.6 Å². The van der Waals surface area contributed by atoms with Crippen molar-refractivity contribution in [2.24, 2.45) is 11.7 Å². The third-order valence-electron chi connectivity index (χ3n) is 1.93. The number of hydrogen-bond donors (Lipinski definition) is 2. The third-order valence-corrected chi connectivity index (χ3v) is 1.93. The van der Waals surface area contributed by atoms with Crippen LogP contribution < -0.4 is 11.1 Å². The number of carbonyl (C=O) groups excluding carboxylic acids is 1. The minimum Gasteiger partial charge on any atom is -0.353 e. The molecule has 86 valence electrons. The van der Waals surface area contributed by atoms with E-state index >= 15 is 0 Å². The summed E-state index contributed by atoms with van der Waals surface area (Å²) in [5, 5.41) is 18.6. The van der Waals surface area contributed by atoms with Crippen molar-refractivity contribution in [3.63, 3.8) is 0 Å². The van der Waals surface area contributed by atoms with Crippen LogP contribution in [0, 0.1) is 17.2 Å². The predicted molar refractivity (Wildman–Crippen MR) is 55.7 cm³/mol. The maximum atomic E-state index is 11.4. The molecule has 1 unspecified atom stereocenters. The van der Waals surface area contributed by atoms with Crippen molar-refractivity contribution >= 4 is 5.91 Å². The van der Waals surface area contributed by atoms with Gasteiger partial charge in [0.25, 0.3) is 0 Å². The highest BCUT2D eigenvalue weighted by atomic mass is 16.2. The Kier molecular flexibility index (Phi) is 4.42. The molecule has 0 spiro atoms. The molecule has 1 heterocycles. The molecule has 0 aromatic carbocycles. The third kappa shape index (κ3) is 3.67. The smallest absolute Gasteiger partial charge is 0.241 e. The molecule has 7 heteroatoms. The molecular weight excluding hydrogens is 208 g/mol. The molecule has 0 aliphatic heterocycles. The standard InChI is InChI=1S/C9H14N6O/c1-7(2-10)4-12-9(16)6-15-5-8(3-11)13-14-15/h5,7H,3-4,6,11H2,1H3,(H,12,16). The molecule has 1 rings (SSSR count). The highest BCUT2D eigenvalue weighted by Gasteiger charge is 2.06. The number of hydrogen-bond acceptors (Lipinski definition) is 5. The Morgan fingerprint density at radius 2 is 2.56 bits per heavy atom. The maximum absolute atomic E-state index is 11.4. The molecule has 0 bridgehead atoms. The van der Waals surface area contributed by atoms with Gasteiger partial charge < -0.3 is 11.1 Å². The molecule has 1 amide bonds. The summed E-state index contributed by atoms with van der Waals surface area (Å²) in [6, 6.07) is 2.03. The van der Waals surface area contributed by atoms with E-state index in [0.717, 1.165) is 0 Å².